The van der Waals surface area contributed by atoms with Crippen LogP contribution < -0.4 is 10.6 Å². The summed E-state index contributed by atoms with van der Waals surface area (Å²) in [4.78, 5) is 113. The zero-order valence-corrected chi connectivity index (χ0v) is 30.6. The van der Waals surface area contributed by atoms with Crippen molar-refractivity contribution in [3.8, 4) is 0 Å². The summed E-state index contributed by atoms with van der Waals surface area (Å²) < 4.78 is 43.4. The van der Waals surface area contributed by atoms with Gasteiger partial charge in [-0.3, -0.25) is 28.8 Å². The lowest BCUT2D eigenvalue weighted by atomic mass is 9.78. The Labute approximate surface area is 309 Å². The van der Waals surface area contributed by atoms with Gasteiger partial charge in [-0.1, -0.05) is 30.3 Å². The molecule has 3 N–H and O–H groups in total. The molecule has 0 saturated carbocycles. The maximum Gasteiger partial charge on any atom is 0.408 e. The van der Waals surface area contributed by atoms with Crippen LogP contribution in [-0.4, -0.2) is 121 Å². The first-order valence-electron chi connectivity index (χ1n) is 16.3. The third-order valence-electron chi connectivity index (χ3n) is 7.67. The van der Waals surface area contributed by atoms with Crippen LogP contribution in [0.15, 0.2) is 30.3 Å². The zero-order chi connectivity index (χ0) is 40.7. The number of ether oxygens (including phenoxy) is 8. The minimum absolute atomic E-state index is 0.258. The van der Waals surface area contributed by atoms with Crippen molar-refractivity contribution in [2.24, 2.45) is 0 Å². The third kappa shape index (κ3) is 13.3. The van der Waals surface area contributed by atoms with Crippen LogP contribution in [0.2, 0.25) is 0 Å². The first-order chi connectivity index (χ1) is 25.3. The number of carboxylic acid groups (broad SMARTS) is 1. The Morgan fingerprint density at radius 1 is 0.833 bits per heavy atom. The standard InChI is InChI=1S/C34H44N2O18/c1-17(37)35-28-25(50-19(3)39)14-34(32(45)47-7,54-30(28)29(53-22(6)42)26(51-20(4)40)16-48-18(2)38)27(52-21(5)41)13-24(31(43)44)36-33(46)49-15-23-11-9-8-10-12-23/h8-12,24-30H,13-16H2,1-7H3,(H,35,37)(H,36,46)(H,43,44)/t24-,25-,26-,27?,28+,29+,30+,34-/m0/s1. The van der Waals surface area contributed by atoms with E-state index in [0.717, 1.165) is 48.7 Å². The molecule has 1 aliphatic rings. The molecule has 1 heterocycles. The van der Waals surface area contributed by atoms with Crippen LogP contribution in [0.4, 0.5) is 4.79 Å². The van der Waals surface area contributed by atoms with E-state index in [9.17, 15) is 48.3 Å². The van der Waals surface area contributed by atoms with Crippen LogP contribution in [0.3, 0.4) is 0 Å². The predicted molar refractivity (Wildman–Crippen MR) is 176 cm³/mol. The Kier molecular flexibility index (Phi) is 16.8. The molecule has 0 aromatic heterocycles. The summed E-state index contributed by atoms with van der Waals surface area (Å²) in [6, 6.07) is 4.87. The molecule has 20 nitrogen and oxygen atoms in total. The van der Waals surface area contributed by atoms with E-state index >= 15 is 0 Å². The number of rotatable bonds is 17. The number of alkyl carbamates (subject to hydrolysis) is 1. The zero-order valence-electron chi connectivity index (χ0n) is 30.6. The minimum atomic E-state index is -2.69. The van der Waals surface area contributed by atoms with E-state index in [1.807, 2.05) is 0 Å². The second-order valence-corrected chi connectivity index (χ2v) is 12.0. The quantitative estimate of drug-likeness (QED) is 0.142. The van der Waals surface area contributed by atoms with Crippen LogP contribution in [0.25, 0.3) is 0 Å². The number of methoxy groups -OCH3 is 1. The van der Waals surface area contributed by atoms with E-state index < -0.39 is 121 Å². The third-order valence-corrected chi connectivity index (χ3v) is 7.67. The summed E-state index contributed by atoms with van der Waals surface area (Å²) >= 11 is 0. The van der Waals surface area contributed by atoms with Gasteiger partial charge in [0.25, 0.3) is 0 Å². The summed E-state index contributed by atoms with van der Waals surface area (Å²) in [5.74, 6) is -8.72. The van der Waals surface area contributed by atoms with Gasteiger partial charge in [0, 0.05) is 54.4 Å². The van der Waals surface area contributed by atoms with Crippen molar-refractivity contribution < 1.29 is 86.2 Å². The van der Waals surface area contributed by atoms with E-state index in [-0.39, 0.29) is 6.61 Å². The Morgan fingerprint density at radius 2 is 1.44 bits per heavy atom. The smallest absolute Gasteiger partial charge is 0.408 e. The lowest BCUT2D eigenvalue weighted by molar-refractivity contribution is -0.263. The van der Waals surface area contributed by atoms with E-state index in [4.69, 9.17) is 37.9 Å². The molecule has 0 radical (unpaired) electrons. The SMILES string of the molecule is COC(=O)[C@@]1(C(C[C@H](NC(=O)OCc2ccccc2)C(=O)O)OC(C)=O)C[C@H](OC(C)=O)[C@@H](NC(C)=O)[C@H]([C@H](OC(C)=O)[C@H](COC(C)=O)OC(C)=O)O1. The molecule has 0 spiro atoms. The van der Waals surface area contributed by atoms with Gasteiger partial charge in [0.15, 0.2) is 12.2 Å². The first-order valence-corrected chi connectivity index (χ1v) is 16.3. The van der Waals surface area contributed by atoms with Crippen molar-refractivity contribution in [2.45, 2.75) is 109 Å². The number of nitrogens with one attached hydrogen (secondary N) is 2. The fourth-order valence-corrected chi connectivity index (χ4v) is 5.69. The Morgan fingerprint density at radius 3 is 1.94 bits per heavy atom. The monoisotopic (exact) mass is 768 g/mol. The molecule has 20 heteroatoms. The van der Waals surface area contributed by atoms with E-state index in [1.165, 1.54) is 0 Å². The minimum Gasteiger partial charge on any atom is -0.480 e. The maximum absolute atomic E-state index is 14.0. The molecule has 1 fully saturated rings. The van der Waals surface area contributed by atoms with Crippen molar-refractivity contribution in [1.82, 2.24) is 10.6 Å². The molecule has 1 saturated heterocycles. The van der Waals surface area contributed by atoms with E-state index in [0.29, 0.717) is 5.56 Å². The predicted octanol–water partition coefficient (Wildman–Crippen LogP) is 0.251. The number of aliphatic carboxylic acids is 1. The number of carboxylic acids is 1. The molecule has 298 valence electrons. The fraction of sp³-hybridized carbons (Fsp3) is 0.559. The summed E-state index contributed by atoms with van der Waals surface area (Å²) in [5.41, 5.74) is -2.12. The second-order valence-electron chi connectivity index (χ2n) is 12.0. The molecule has 54 heavy (non-hydrogen) atoms. The van der Waals surface area contributed by atoms with Crippen molar-refractivity contribution in [2.75, 3.05) is 13.7 Å². The number of carbonyl (C=O) groups is 9. The summed E-state index contributed by atoms with van der Waals surface area (Å²) in [5, 5.41) is 14.8. The van der Waals surface area contributed by atoms with Gasteiger partial charge in [-0.25, -0.2) is 14.4 Å². The van der Waals surface area contributed by atoms with Gasteiger partial charge in [0.1, 0.15) is 37.6 Å². The first kappa shape index (κ1) is 44.4. The number of benzene rings is 1. The lowest BCUT2D eigenvalue weighted by Gasteiger charge is -2.51. The molecular formula is C34H44N2O18. The average molecular weight is 769 g/mol. The van der Waals surface area contributed by atoms with Gasteiger partial charge >= 0.3 is 47.9 Å². The van der Waals surface area contributed by atoms with Crippen molar-refractivity contribution in [3.05, 3.63) is 35.9 Å². The highest BCUT2D eigenvalue weighted by molar-refractivity contribution is 5.83. The lowest BCUT2D eigenvalue weighted by Crippen LogP contribution is -2.72. The summed E-state index contributed by atoms with van der Waals surface area (Å²) in [6.07, 6.45) is -12.1. The Balaban J connectivity index is 2.82. The van der Waals surface area contributed by atoms with Crippen LogP contribution in [0, 0.1) is 0 Å². The van der Waals surface area contributed by atoms with Crippen LogP contribution >= 0.6 is 0 Å². The number of esters is 6. The number of hydrogen-bond donors (Lipinski definition) is 3. The van der Waals surface area contributed by atoms with Gasteiger partial charge < -0.3 is 53.6 Å². The average Bonchev–Trinajstić information content (AvgIpc) is 3.07. The van der Waals surface area contributed by atoms with Gasteiger partial charge in [0.2, 0.25) is 11.5 Å². The normalized spacial score (nSPS) is 21.3. The van der Waals surface area contributed by atoms with Gasteiger partial charge in [-0.2, -0.15) is 0 Å². The van der Waals surface area contributed by atoms with Crippen molar-refractivity contribution >= 4 is 53.8 Å². The second kappa shape index (κ2) is 20.5. The molecule has 0 bridgehead atoms. The topological polar surface area (TPSA) is 272 Å². The number of amides is 2. The molecule has 1 unspecified atom stereocenters. The highest BCUT2D eigenvalue weighted by Crippen LogP contribution is 2.40. The molecule has 2 amide bonds. The molecule has 1 aromatic carbocycles. The number of hydrogen-bond acceptors (Lipinski definition) is 17. The largest absolute Gasteiger partial charge is 0.480 e. The fourth-order valence-electron chi connectivity index (χ4n) is 5.69. The van der Waals surface area contributed by atoms with Gasteiger partial charge in [-0.05, 0) is 5.56 Å². The van der Waals surface area contributed by atoms with Crippen LogP contribution in [0.5, 0.6) is 0 Å². The molecule has 2 rings (SSSR count). The van der Waals surface area contributed by atoms with Crippen LogP contribution in [-0.2, 0) is 82.9 Å². The van der Waals surface area contributed by atoms with E-state index in [1.54, 1.807) is 30.3 Å². The van der Waals surface area contributed by atoms with Gasteiger partial charge in [-0.15, -0.1) is 0 Å². The maximum atomic E-state index is 14.0. The number of carbonyl (C=O) groups excluding carboxylic acids is 8. The summed E-state index contributed by atoms with van der Waals surface area (Å²) in [7, 11) is 0.897. The van der Waals surface area contributed by atoms with Crippen molar-refractivity contribution in [1.29, 1.82) is 0 Å². The van der Waals surface area contributed by atoms with E-state index in [2.05, 4.69) is 10.6 Å². The molecule has 0 aliphatic carbocycles. The molecule has 1 aromatic rings. The Bertz CT molecular complexity index is 1550. The molecular weight excluding hydrogens is 724 g/mol. The van der Waals surface area contributed by atoms with Crippen LogP contribution in [0.1, 0.15) is 59.9 Å². The molecule has 1 aliphatic heterocycles. The van der Waals surface area contributed by atoms with Gasteiger partial charge in [0.05, 0.1) is 13.2 Å². The highest BCUT2D eigenvalue weighted by atomic mass is 16.7. The Hall–Kier alpha value is -5.79. The van der Waals surface area contributed by atoms with Crippen molar-refractivity contribution in [3.63, 3.8) is 0 Å². The summed E-state index contributed by atoms with van der Waals surface area (Å²) in [6.45, 7) is 4.87. The molecule has 8 atom stereocenters. The highest BCUT2D eigenvalue weighted by Gasteiger charge is 2.63.